The molecule has 1 heteroatoms. The van der Waals surface area contributed by atoms with Crippen molar-refractivity contribution in [1.82, 2.24) is 0 Å². The zero-order chi connectivity index (χ0) is 6.36. The standard InChI is InChI=1S/C7H12O/c1-5-4-7(2,3)6(5)8/h5H,4H2,1-3H3. The molecule has 0 aromatic carbocycles. The quantitative estimate of drug-likeness (QED) is 0.465. The Kier molecular flexibility index (Phi) is 0.969. The summed E-state index contributed by atoms with van der Waals surface area (Å²) in [5, 5.41) is 0. The molecule has 0 N–H and O–H groups in total. The zero-order valence-corrected chi connectivity index (χ0v) is 5.69. The second kappa shape index (κ2) is 1.34. The van der Waals surface area contributed by atoms with Crippen molar-refractivity contribution in [3.05, 3.63) is 0 Å². The molecule has 1 aliphatic carbocycles. The lowest BCUT2D eigenvalue weighted by Crippen LogP contribution is -2.42. The Morgan fingerprint density at radius 3 is 2.12 bits per heavy atom. The average molecular weight is 112 g/mol. The topological polar surface area (TPSA) is 17.1 Å². The highest BCUT2D eigenvalue weighted by molar-refractivity contribution is 5.91. The van der Waals surface area contributed by atoms with E-state index in [-0.39, 0.29) is 5.41 Å². The molecule has 1 fully saturated rings. The van der Waals surface area contributed by atoms with Crippen LogP contribution in [0.5, 0.6) is 0 Å². The van der Waals surface area contributed by atoms with E-state index in [2.05, 4.69) is 0 Å². The molecule has 1 rings (SSSR count). The minimum atomic E-state index is 0.0133. The van der Waals surface area contributed by atoms with Gasteiger partial charge in [-0.3, -0.25) is 4.79 Å². The molecule has 0 saturated heterocycles. The Balaban J connectivity index is 2.61. The molecule has 0 heterocycles. The third-order valence-corrected chi connectivity index (χ3v) is 1.93. The number of carbonyl (C=O) groups excluding carboxylic acids is 1. The van der Waals surface area contributed by atoms with Crippen LogP contribution in [0, 0.1) is 11.3 Å². The van der Waals surface area contributed by atoms with E-state index >= 15 is 0 Å². The van der Waals surface area contributed by atoms with Crippen LogP contribution in [0.3, 0.4) is 0 Å². The zero-order valence-electron chi connectivity index (χ0n) is 5.69. The van der Waals surface area contributed by atoms with Crippen molar-refractivity contribution in [2.45, 2.75) is 27.2 Å². The first kappa shape index (κ1) is 5.80. The fourth-order valence-electron chi connectivity index (χ4n) is 1.49. The highest BCUT2D eigenvalue weighted by Crippen LogP contribution is 2.40. The number of rotatable bonds is 0. The van der Waals surface area contributed by atoms with E-state index in [1.165, 1.54) is 0 Å². The van der Waals surface area contributed by atoms with E-state index < -0.39 is 0 Å². The molecule has 8 heavy (non-hydrogen) atoms. The van der Waals surface area contributed by atoms with Crippen LogP contribution in [0.1, 0.15) is 27.2 Å². The van der Waals surface area contributed by atoms with Gasteiger partial charge >= 0.3 is 0 Å². The van der Waals surface area contributed by atoms with Crippen molar-refractivity contribution in [2.24, 2.45) is 11.3 Å². The number of hydrogen-bond acceptors (Lipinski definition) is 1. The van der Waals surface area contributed by atoms with E-state index in [1.54, 1.807) is 0 Å². The van der Waals surface area contributed by atoms with Gasteiger partial charge in [-0.05, 0) is 6.42 Å². The molecule has 0 aromatic heterocycles. The smallest absolute Gasteiger partial charge is 0.141 e. The van der Waals surface area contributed by atoms with Gasteiger partial charge in [-0.25, -0.2) is 0 Å². The first-order chi connectivity index (χ1) is 3.54. The van der Waals surface area contributed by atoms with Crippen molar-refractivity contribution in [2.75, 3.05) is 0 Å². The maximum Gasteiger partial charge on any atom is 0.141 e. The Hall–Kier alpha value is -0.330. The highest BCUT2D eigenvalue weighted by atomic mass is 16.1. The summed E-state index contributed by atoms with van der Waals surface area (Å²) in [5.74, 6) is 0.766. The van der Waals surface area contributed by atoms with Gasteiger partial charge in [-0.2, -0.15) is 0 Å². The van der Waals surface area contributed by atoms with Gasteiger partial charge in [0.15, 0.2) is 0 Å². The lowest BCUT2D eigenvalue weighted by molar-refractivity contribution is -0.142. The Bertz CT molecular complexity index is 124. The second-order valence-corrected chi connectivity index (χ2v) is 3.35. The normalized spacial score (nSPS) is 34.4. The minimum absolute atomic E-state index is 0.0133. The summed E-state index contributed by atoms with van der Waals surface area (Å²) >= 11 is 0. The van der Waals surface area contributed by atoms with E-state index in [0.717, 1.165) is 6.42 Å². The van der Waals surface area contributed by atoms with Crippen LogP contribution < -0.4 is 0 Å². The SMILES string of the molecule is CC1CC(C)(C)C1=O. The molecular weight excluding hydrogens is 100 g/mol. The number of hydrogen-bond donors (Lipinski definition) is 0. The van der Waals surface area contributed by atoms with E-state index in [9.17, 15) is 4.79 Å². The molecule has 0 radical (unpaired) electrons. The van der Waals surface area contributed by atoms with Crippen LogP contribution in [-0.4, -0.2) is 5.78 Å². The number of ketones is 1. The van der Waals surface area contributed by atoms with Gasteiger partial charge in [0.05, 0.1) is 0 Å². The molecule has 0 aliphatic heterocycles. The Morgan fingerprint density at radius 1 is 1.62 bits per heavy atom. The summed E-state index contributed by atoms with van der Waals surface area (Å²) in [5.41, 5.74) is 0.0133. The van der Waals surface area contributed by atoms with Gasteiger partial charge in [-0.1, -0.05) is 20.8 Å². The van der Waals surface area contributed by atoms with Crippen molar-refractivity contribution in [1.29, 1.82) is 0 Å². The molecule has 1 saturated carbocycles. The third kappa shape index (κ3) is 0.575. The van der Waals surface area contributed by atoms with Gasteiger partial charge < -0.3 is 0 Å². The summed E-state index contributed by atoms with van der Waals surface area (Å²) in [7, 11) is 0. The van der Waals surface area contributed by atoms with Crippen LogP contribution in [0.25, 0.3) is 0 Å². The minimum Gasteiger partial charge on any atom is -0.299 e. The molecular formula is C7H12O. The average Bonchev–Trinajstić information content (AvgIpc) is 1.65. The van der Waals surface area contributed by atoms with Gasteiger partial charge in [0.25, 0.3) is 0 Å². The summed E-state index contributed by atoms with van der Waals surface area (Å²) in [6, 6.07) is 0. The van der Waals surface area contributed by atoms with Crippen LogP contribution in [0.4, 0.5) is 0 Å². The molecule has 1 unspecified atom stereocenters. The molecule has 0 aromatic rings. The van der Waals surface area contributed by atoms with Crippen LogP contribution in [0.2, 0.25) is 0 Å². The fraction of sp³-hybridized carbons (Fsp3) is 0.857. The molecule has 0 bridgehead atoms. The van der Waals surface area contributed by atoms with Crippen molar-refractivity contribution in [3.63, 3.8) is 0 Å². The van der Waals surface area contributed by atoms with E-state index in [1.807, 2.05) is 20.8 Å². The first-order valence-corrected chi connectivity index (χ1v) is 3.08. The number of Topliss-reactive ketones (excluding diaryl/α,β-unsaturated/α-hetero) is 1. The second-order valence-electron chi connectivity index (χ2n) is 3.35. The van der Waals surface area contributed by atoms with Crippen LogP contribution >= 0.6 is 0 Å². The van der Waals surface area contributed by atoms with Crippen molar-refractivity contribution >= 4 is 5.78 Å². The first-order valence-electron chi connectivity index (χ1n) is 3.08. The monoisotopic (exact) mass is 112 g/mol. The Labute approximate surface area is 50.1 Å². The fourth-order valence-corrected chi connectivity index (χ4v) is 1.49. The van der Waals surface area contributed by atoms with Crippen LogP contribution in [0.15, 0.2) is 0 Å². The van der Waals surface area contributed by atoms with E-state index in [0.29, 0.717) is 11.7 Å². The van der Waals surface area contributed by atoms with Crippen molar-refractivity contribution in [3.8, 4) is 0 Å². The largest absolute Gasteiger partial charge is 0.299 e. The van der Waals surface area contributed by atoms with Crippen molar-refractivity contribution < 1.29 is 4.79 Å². The van der Waals surface area contributed by atoms with Gasteiger partial charge in [0, 0.05) is 11.3 Å². The predicted molar refractivity (Wildman–Crippen MR) is 32.6 cm³/mol. The maximum atomic E-state index is 10.9. The predicted octanol–water partition coefficient (Wildman–Crippen LogP) is 1.62. The molecule has 1 nitrogen and oxygen atoms in total. The lowest BCUT2D eigenvalue weighted by atomic mass is 9.64. The van der Waals surface area contributed by atoms with Crippen LogP contribution in [-0.2, 0) is 4.79 Å². The molecule has 1 atom stereocenters. The van der Waals surface area contributed by atoms with Gasteiger partial charge in [0.2, 0.25) is 0 Å². The summed E-state index contributed by atoms with van der Waals surface area (Å²) in [6.45, 7) is 6.01. The highest BCUT2D eigenvalue weighted by Gasteiger charge is 2.42. The molecule has 0 spiro atoms. The summed E-state index contributed by atoms with van der Waals surface area (Å²) in [6.07, 6.45) is 1.08. The van der Waals surface area contributed by atoms with Gasteiger partial charge in [-0.15, -0.1) is 0 Å². The molecule has 46 valence electrons. The lowest BCUT2D eigenvalue weighted by Gasteiger charge is -2.38. The Morgan fingerprint density at radius 2 is 2.12 bits per heavy atom. The number of carbonyl (C=O) groups is 1. The third-order valence-electron chi connectivity index (χ3n) is 1.93. The van der Waals surface area contributed by atoms with Gasteiger partial charge in [0.1, 0.15) is 5.78 Å². The van der Waals surface area contributed by atoms with E-state index in [4.69, 9.17) is 0 Å². The summed E-state index contributed by atoms with van der Waals surface area (Å²) < 4.78 is 0. The molecule has 1 aliphatic rings. The summed E-state index contributed by atoms with van der Waals surface area (Å²) in [4.78, 5) is 10.9. The maximum absolute atomic E-state index is 10.9. The molecule has 0 amide bonds.